The number of hydrogen-bond donors (Lipinski definition) is 1. The summed E-state index contributed by atoms with van der Waals surface area (Å²) in [7, 11) is -3.27. The van der Waals surface area contributed by atoms with Crippen LogP contribution >= 0.6 is 0 Å². The molecular formula is C25H34N4O4S. The average Bonchev–Trinajstić information content (AvgIpc) is 3.57. The van der Waals surface area contributed by atoms with Gasteiger partial charge in [0.1, 0.15) is 5.54 Å². The molecule has 1 heterocycles. The minimum atomic E-state index is -3.27. The van der Waals surface area contributed by atoms with Gasteiger partial charge in [0.2, 0.25) is 11.8 Å². The highest BCUT2D eigenvalue weighted by atomic mass is 32.2. The van der Waals surface area contributed by atoms with E-state index in [0.29, 0.717) is 55.8 Å². The first-order chi connectivity index (χ1) is 16.0. The van der Waals surface area contributed by atoms with Crippen LogP contribution in [0.15, 0.2) is 23.1 Å². The van der Waals surface area contributed by atoms with Crippen LogP contribution in [0.3, 0.4) is 0 Å². The second-order valence-corrected chi connectivity index (χ2v) is 12.2. The fourth-order valence-electron chi connectivity index (χ4n) is 5.44. The highest BCUT2D eigenvalue weighted by Gasteiger charge is 2.48. The molecule has 3 atom stereocenters. The van der Waals surface area contributed by atoms with Crippen molar-refractivity contribution in [3.63, 3.8) is 0 Å². The zero-order valence-corrected chi connectivity index (χ0v) is 21.0. The molecule has 2 amide bonds. The molecule has 1 N–H and O–H groups in total. The van der Waals surface area contributed by atoms with Gasteiger partial charge in [0.15, 0.2) is 9.84 Å². The van der Waals surface area contributed by atoms with Gasteiger partial charge in [-0.05, 0) is 63.3 Å². The third kappa shape index (κ3) is 4.92. The molecule has 3 aliphatic rings. The van der Waals surface area contributed by atoms with Crippen LogP contribution < -0.4 is 10.2 Å². The molecule has 0 bridgehead atoms. The van der Waals surface area contributed by atoms with Crippen LogP contribution in [-0.4, -0.2) is 62.6 Å². The van der Waals surface area contributed by atoms with Crippen molar-refractivity contribution in [2.45, 2.75) is 68.8 Å². The zero-order chi connectivity index (χ0) is 24.7. The molecule has 2 saturated carbocycles. The van der Waals surface area contributed by atoms with Crippen molar-refractivity contribution in [2.75, 3.05) is 30.8 Å². The van der Waals surface area contributed by atoms with Crippen molar-refractivity contribution >= 4 is 27.3 Å². The summed E-state index contributed by atoms with van der Waals surface area (Å²) in [6, 6.07) is 7.55. The first-order valence-corrected chi connectivity index (χ1v) is 14.0. The van der Waals surface area contributed by atoms with Crippen LogP contribution in [0, 0.1) is 30.1 Å². The number of anilines is 1. The van der Waals surface area contributed by atoms with Gasteiger partial charge in [-0.15, -0.1) is 0 Å². The van der Waals surface area contributed by atoms with Crippen molar-refractivity contribution in [1.29, 1.82) is 5.26 Å². The van der Waals surface area contributed by atoms with Gasteiger partial charge < -0.3 is 15.1 Å². The molecule has 1 aromatic carbocycles. The molecule has 2 aliphatic carbocycles. The van der Waals surface area contributed by atoms with E-state index in [-0.39, 0.29) is 29.7 Å². The molecule has 4 rings (SSSR count). The molecule has 0 aromatic heterocycles. The number of sulfone groups is 1. The van der Waals surface area contributed by atoms with E-state index in [0.717, 1.165) is 18.5 Å². The average molecular weight is 487 g/mol. The maximum absolute atomic E-state index is 13.6. The van der Waals surface area contributed by atoms with Gasteiger partial charge in [0.25, 0.3) is 0 Å². The van der Waals surface area contributed by atoms with Gasteiger partial charge in [-0.1, -0.05) is 12.8 Å². The predicted octanol–water partition coefficient (Wildman–Crippen LogP) is 2.41. The smallest absolute Gasteiger partial charge is 0.226 e. The number of hydrogen-bond acceptors (Lipinski definition) is 6. The van der Waals surface area contributed by atoms with Crippen molar-refractivity contribution in [3.8, 4) is 6.07 Å². The molecule has 9 heteroatoms. The summed E-state index contributed by atoms with van der Waals surface area (Å²) in [4.78, 5) is 31.0. The Labute approximate surface area is 202 Å². The fraction of sp³-hybridized carbons (Fsp3) is 0.640. The van der Waals surface area contributed by atoms with E-state index in [9.17, 15) is 23.3 Å². The molecule has 1 saturated heterocycles. The lowest BCUT2D eigenvalue weighted by atomic mass is 9.77. The Morgan fingerprint density at radius 1 is 1.15 bits per heavy atom. The fourth-order valence-corrected chi connectivity index (χ4v) is 6.40. The highest BCUT2D eigenvalue weighted by molar-refractivity contribution is 7.90. The minimum absolute atomic E-state index is 0.0318. The van der Waals surface area contributed by atoms with Crippen LogP contribution in [0.5, 0.6) is 0 Å². The van der Waals surface area contributed by atoms with Crippen molar-refractivity contribution in [1.82, 2.24) is 10.2 Å². The Bertz CT molecular complexity index is 1120. The van der Waals surface area contributed by atoms with E-state index in [1.807, 2.05) is 24.0 Å². The van der Waals surface area contributed by atoms with E-state index in [4.69, 9.17) is 0 Å². The third-order valence-electron chi connectivity index (χ3n) is 7.58. The van der Waals surface area contributed by atoms with Gasteiger partial charge in [-0.2, -0.15) is 5.26 Å². The Morgan fingerprint density at radius 2 is 1.82 bits per heavy atom. The number of carbonyl (C=O) groups excluding carboxylic acids is 2. The van der Waals surface area contributed by atoms with E-state index in [1.54, 1.807) is 13.0 Å². The Balaban J connectivity index is 1.43. The lowest BCUT2D eigenvalue weighted by Gasteiger charge is -2.43. The van der Waals surface area contributed by atoms with E-state index >= 15 is 0 Å². The van der Waals surface area contributed by atoms with E-state index in [1.165, 1.54) is 6.26 Å². The monoisotopic (exact) mass is 486 g/mol. The maximum Gasteiger partial charge on any atom is 0.226 e. The molecule has 0 spiro atoms. The van der Waals surface area contributed by atoms with Gasteiger partial charge in [0, 0.05) is 49.5 Å². The molecular weight excluding hydrogens is 452 g/mol. The van der Waals surface area contributed by atoms with Gasteiger partial charge in [-0.3, -0.25) is 9.59 Å². The predicted molar refractivity (Wildman–Crippen MR) is 129 cm³/mol. The zero-order valence-electron chi connectivity index (χ0n) is 20.2. The van der Waals surface area contributed by atoms with Gasteiger partial charge in [-0.25, -0.2) is 8.42 Å². The summed E-state index contributed by atoms with van der Waals surface area (Å²) in [6.45, 7) is 5.67. The molecule has 1 aliphatic heterocycles. The minimum Gasteiger partial charge on any atom is -0.368 e. The first-order valence-electron chi connectivity index (χ1n) is 12.1. The summed E-state index contributed by atoms with van der Waals surface area (Å²) in [5.41, 5.74) is 0.948. The quantitative estimate of drug-likeness (QED) is 0.684. The van der Waals surface area contributed by atoms with Crippen LogP contribution in [-0.2, 0) is 19.4 Å². The number of nitrogens with one attached hydrogen (secondary N) is 1. The number of rotatable bonds is 5. The number of nitriles is 1. The SMILES string of the molecule is Cc1cc(N2CCN(C(=O)[C@@H]3CCCC[C@H]3C(=O)NC3(C#N)CC3)[C@H](C)C2)ccc1S(C)(=O)=O. The van der Waals surface area contributed by atoms with E-state index in [2.05, 4.69) is 16.3 Å². The van der Waals surface area contributed by atoms with E-state index < -0.39 is 15.4 Å². The molecule has 0 radical (unpaired) electrons. The van der Waals surface area contributed by atoms with Crippen LogP contribution in [0.2, 0.25) is 0 Å². The highest BCUT2D eigenvalue weighted by Crippen LogP contribution is 2.38. The number of aryl methyl sites for hydroxylation is 1. The first kappa shape index (κ1) is 24.5. The number of benzene rings is 1. The largest absolute Gasteiger partial charge is 0.368 e. The lowest BCUT2D eigenvalue weighted by Crippen LogP contribution is -2.57. The Kier molecular flexibility index (Phi) is 6.65. The maximum atomic E-state index is 13.6. The van der Waals surface area contributed by atoms with Crippen LogP contribution in [0.25, 0.3) is 0 Å². The van der Waals surface area contributed by atoms with Crippen molar-refractivity contribution < 1.29 is 18.0 Å². The third-order valence-corrected chi connectivity index (χ3v) is 8.84. The standard InChI is InChI=1S/C25H34N4O4S/c1-17-14-19(8-9-22(17)34(3,32)33)28-12-13-29(18(2)15-28)24(31)21-7-5-4-6-20(21)23(30)27-25(16-26)10-11-25/h8-9,14,18,20-21H,4-7,10-13,15H2,1-3H3,(H,27,30)/t18-,20-,21-/m1/s1. The van der Waals surface area contributed by atoms with Crippen LogP contribution in [0.1, 0.15) is 51.0 Å². The van der Waals surface area contributed by atoms with Crippen molar-refractivity contribution in [3.05, 3.63) is 23.8 Å². The van der Waals surface area contributed by atoms with Gasteiger partial charge >= 0.3 is 0 Å². The number of nitrogens with zero attached hydrogens (tertiary/aromatic N) is 3. The Hall–Kier alpha value is -2.60. The molecule has 34 heavy (non-hydrogen) atoms. The molecule has 3 fully saturated rings. The number of carbonyl (C=O) groups is 2. The summed E-state index contributed by atoms with van der Waals surface area (Å²) in [5, 5.41) is 12.2. The second-order valence-electron chi connectivity index (χ2n) is 10.2. The molecule has 1 aromatic rings. The summed E-state index contributed by atoms with van der Waals surface area (Å²) >= 11 is 0. The molecule has 8 nitrogen and oxygen atoms in total. The molecule has 0 unspecified atom stereocenters. The number of amides is 2. The van der Waals surface area contributed by atoms with Gasteiger partial charge in [0.05, 0.1) is 11.0 Å². The topological polar surface area (TPSA) is 111 Å². The van der Waals surface area contributed by atoms with Crippen LogP contribution in [0.4, 0.5) is 5.69 Å². The summed E-state index contributed by atoms with van der Waals surface area (Å²) in [5.74, 6) is -0.820. The second kappa shape index (κ2) is 9.21. The Morgan fingerprint density at radius 3 is 2.38 bits per heavy atom. The number of piperazine rings is 1. The molecule has 184 valence electrons. The lowest BCUT2D eigenvalue weighted by molar-refractivity contribution is -0.145. The summed E-state index contributed by atoms with van der Waals surface area (Å²) in [6.07, 6.45) is 5.83. The summed E-state index contributed by atoms with van der Waals surface area (Å²) < 4.78 is 23.9. The van der Waals surface area contributed by atoms with Crippen molar-refractivity contribution in [2.24, 2.45) is 11.8 Å². The normalized spacial score (nSPS) is 26.5.